The van der Waals surface area contributed by atoms with Crippen molar-refractivity contribution in [3.8, 4) is 0 Å². The molecule has 1 aliphatic heterocycles. The maximum atomic E-state index is 12.4. The van der Waals surface area contributed by atoms with Gasteiger partial charge in [-0.3, -0.25) is 9.88 Å². The smallest absolute Gasteiger partial charge is 0.412 e. The zero-order valence-corrected chi connectivity index (χ0v) is 15.2. The van der Waals surface area contributed by atoms with Crippen molar-refractivity contribution in [1.29, 1.82) is 0 Å². The van der Waals surface area contributed by atoms with E-state index in [4.69, 9.17) is 9.47 Å². The lowest BCUT2D eigenvalue weighted by Gasteiger charge is -2.19. The summed E-state index contributed by atoms with van der Waals surface area (Å²) in [5.74, 6) is 0.397. The molecule has 1 saturated heterocycles. The van der Waals surface area contributed by atoms with Crippen LogP contribution in [0.3, 0.4) is 0 Å². The average Bonchev–Trinajstić information content (AvgIpc) is 3.25. The second-order valence-electron chi connectivity index (χ2n) is 7.03. The number of rotatable bonds is 5. The first-order chi connectivity index (χ1) is 12.9. The van der Waals surface area contributed by atoms with Crippen molar-refractivity contribution in [2.24, 2.45) is 5.92 Å². The molecule has 3 N–H and O–H groups in total. The SMILES string of the molecule is C=Cc1cn([C@@H]2O[C@H](C)C(O)C2O)c(=O)nc1NC(=O)OCC1CCCC1. The number of carbonyl (C=O) groups excluding carboxylic acids is 1. The predicted octanol–water partition coefficient (Wildman–Crippen LogP) is 1.26. The number of anilines is 1. The zero-order valence-electron chi connectivity index (χ0n) is 15.2. The van der Waals surface area contributed by atoms with E-state index in [0.29, 0.717) is 18.1 Å². The zero-order chi connectivity index (χ0) is 19.6. The highest BCUT2D eigenvalue weighted by Gasteiger charge is 2.42. The van der Waals surface area contributed by atoms with Crippen molar-refractivity contribution >= 4 is 18.0 Å². The highest BCUT2D eigenvalue weighted by Crippen LogP contribution is 2.29. The van der Waals surface area contributed by atoms with Crippen molar-refractivity contribution in [3.63, 3.8) is 0 Å². The van der Waals surface area contributed by atoms with Crippen LogP contribution in [0, 0.1) is 5.92 Å². The third kappa shape index (κ3) is 4.20. The Labute approximate surface area is 156 Å². The maximum Gasteiger partial charge on any atom is 0.412 e. The molecule has 1 aliphatic carbocycles. The Morgan fingerprint density at radius 2 is 2.15 bits per heavy atom. The lowest BCUT2D eigenvalue weighted by molar-refractivity contribution is -0.0350. The first kappa shape index (κ1) is 19.5. The summed E-state index contributed by atoms with van der Waals surface area (Å²) < 4.78 is 11.7. The minimum absolute atomic E-state index is 0.0174. The Morgan fingerprint density at radius 3 is 2.74 bits per heavy atom. The number of aliphatic hydroxyl groups excluding tert-OH is 2. The van der Waals surface area contributed by atoms with Crippen molar-refractivity contribution in [2.75, 3.05) is 11.9 Å². The molecular weight excluding hydrogens is 354 g/mol. The Kier molecular flexibility index (Phi) is 5.93. The fourth-order valence-electron chi connectivity index (χ4n) is 3.48. The van der Waals surface area contributed by atoms with Crippen molar-refractivity contribution < 1.29 is 24.5 Å². The van der Waals surface area contributed by atoms with Crippen LogP contribution in [-0.2, 0) is 9.47 Å². The van der Waals surface area contributed by atoms with E-state index in [9.17, 15) is 19.8 Å². The minimum atomic E-state index is -1.27. The standard InChI is InChI=1S/C18H25N3O6/c1-3-12-8-21(16-14(23)13(22)10(2)27-16)17(24)19-15(12)20-18(25)26-9-11-6-4-5-7-11/h3,8,10-11,13-14,16,22-23H,1,4-7,9H2,2H3,(H,19,20,24,25)/t10-,13?,14?,16-/m1/s1. The molecule has 148 valence electrons. The van der Waals surface area contributed by atoms with E-state index in [0.717, 1.165) is 30.3 Å². The van der Waals surface area contributed by atoms with Gasteiger partial charge in [-0.2, -0.15) is 4.98 Å². The van der Waals surface area contributed by atoms with Gasteiger partial charge in [0.15, 0.2) is 6.23 Å². The van der Waals surface area contributed by atoms with Crippen LogP contribution in [0.15, 0.2) is 17.6 Å². The van der Waals surface area contributed by atoms with Crippen LogP contribution in [0.5, 0.6) is 0 Å². The number of amides is 1. The maximum absolute atomic E-state index is 12.4. The van der Waals surface area contributed by atoms with Gasteiger partial charge in [-0.15, -0.1) is 0 Å². The van der Waals surface area contributed by atoms with Gasteiger partial charge in [0, 0.05) is 11.8 Å². The monoisotopic (exact) mass is 379 g/mol. The van der Waals surface area contributed by atoms with Gasteiger partial charge in [-0.1, -0.05) is 25.5 Å². The number of hydrogen-bond acceptors (Lipinski definition) is 7. The number of hydrogen-bond donors (Lipinski definition) is 3. The van der Waals surface area contributed by atoms with Gasteiger partial charge >= 0.3 is 11.8 Å². The third-order valence-corrected chi connectivity index (χ3v) is 5.10. The van der Waals surface area contributed by atoms with E-state index in [-0.39, 0.29) is 5.82 Å². The highest BCUT2D eigenvalue weighted by atomic mass is 16.6. The Hall–Kier alpha value is -2.23. The number of nitrogens with one attached hydrogen (secondary N) is 1. The molecule has 0 aromatic carbocycles. The van der Waals surface area contributed by atoms with Crippen molar-refractivity contribution in [2.45, 2.75) is 57.1 Å². The minimum Gasteiger partial charge on any atom is -0.449 e. The lowest BCUT2D eigenvalue weighted by atomic mass is 10.1. The van der Waals surface area contributed by atoms with E-state index in [2.05, 4.69) is 16.9 Å². The largest absolute Gasteiger partial charge is 0.449 e. The molecule has 0 radical (unpaired) electrons. The fraction of sp³-hybridized carbons (Fsp3) is 0.611. The van der Waals surface area contributed by atoms with E-state index >= 15 is 0 Å². The molecule has 2 aliphatic rings. The van der Waals surface area contributed by atoms with E-state index in [1.165, 1.54) is 12.3 Å². The van der Waals surface area contributed by atoms with Gasteiger partial charge < -0.3 is 19.7 Å². The second kappa shape index (κ2) is 8.20. The molecular formula is C18H25N3O6. The molecule has 4 atom stereocenters. The summed E-state index contributed by atoms with van der Waals surface area (Å²) in [5, 5.41) is 22.4. The Morgan fingerprint density at radius 1 is 1.44 bits per heavy atom. The van der Waals surface area contributed by atoms with Crippen LogP contribution in [-0.4, -0.2) is 50.8 Å². The summed E-state index contributed by atoms with van der Waals surface area (Å²) in [4.78, 5) is 28.2. The number of carbonyl (C=O) groups is 1. The van der Waals surface area contributed by atoms with Crippen LogP contribution >= 0.6 is 0 Å². The summed E-state index contributed by atoms with van der Waals surface area (Å²) in [7, 11) is 0. The summed E-state index contributed by atoms with van der Waals surface area (Å²) in [5.41, 5.74) is -0.380. The molecule has 9 heteroatoms. The van der Waals surface area contributed by atoms with Gasteiger partial charge in [0.05, 0.1) is 12.7 Å². The van der Waals surface area contributed by atoms with Crippen molar-refractivity contribution in [1.82, 2.24) is 9.55 Å². The van der Waals surface area contributed by atoms with Crippen LogP contribution in [0.2, 0.25) is 0 Å². The van der Waals surface area contributed by atoms with Crippen molar-refractivity contribution in [3.05, 3.63) is 28.8 Å². The predicted molar refractivity (Wildman–Crippen MR) is 97.1 cm³/mol. The molecule has 0 bridgehead atoms. The molecule has 2 unspecified atom stereocenters. The molecule has 0 spiro atoms. The normalized spacial score (nSPS) is 28.3. The first-order valence-corrected chi connectivity index (χ1v) is 9.11. The number of ether oxygens (including phenoxy) is 2. The highest BCUT2D eigenvalue weighted by molar-refractivity contribution is 5.85. The Balaban J connectivity index is 1.73. The second-order valence-corrected chi connectivity index (χ2v) is 7.03. The molecule has 1 saturated carbocycles. The molecule has 1 aromatic heterocycles. The van der Waals surface area contributed by atoms with Gasteiger partial charge in [0.2, 0.25) is 0 Å². The summed E-state index contributed by atoms with van der Waals surface area (Å²) in [6.07, 6.45) is 2.41. The van der Waals surface area contributed by atoms with Crippen LogP contribution in [0.25, 0.3) is 6.08 Å². The molecule has 2 heterocycles. The molecule has 3 rings (SSSR count). The molecule has 27 heavy (non-hydrogen) atoms. The quantitative estimate of drug-likeness (QED) is 0.704. The fourth-order valence-corrected chi connectivity index (χ4v) is 3.48. The molecule has 1 aromatic rings. The molecule has 2 fully saturated rings. The summed E-state index contributed by atoms with van der Waals surface area (Å²) in [6, 6.07) is 0. The van der Waals surface area contributed by atoms with Crippen LogP contribution in [0.1, 0.15) is 44.4 Å². The van der Waals surface area contributed by atoms with Crippen LogP contribution < -0.4 is 11.0 Å². The summed E-state index contributed by atoms with van der Waals surface area (Å²) in [6.45, 7) is 5.59. The van der Waals surface area contributed by atoms with Crippen LogP contribution in [0.4, 0.5) is 10.6 Å². The van der Waals surface area contributed by atoms with Gasteiger partial charge in [-0.25, -0.2) is 9.59 Å². The number of nitrogens with zero attached hydrogens (tertiary/aromatic N) is 2. The molecule has 9 nitrogen and oxygen atoms in total. The first-order valence-electron chi connectivity index (χ1n) is 9.11. The number of aromatic nitrogens is 2. The van der Waals surface area contributed by atoms with E-state index in [1.54, 1.807) is 6.92 Å². The Bertz CT molecular complexity index is 758. The summed E-state index contributed by atoms with van der Waals surface area (Å²) >= 11 is 0. The van der Waals surface area contributed by atoms with Gasteiger partial charge in [-0.05, 0) is 25.7 Å². The third-order valence-electron chi connectivity index (χ3n) is 5.10. The molecule has 1 amide bonds. The van der Waals surface area contributed by atoms with Gasteiger partial charge in [0.25, 0.3) is 0 Å². The van der Waals surface area contributed by atoms with E-state index in [1.807, 2.05) is 0 Å². The number of aliphatic hydroxyl groups is 2. The average molecular weight is 379 g/mol. The topological polar surface area (TPSA) is 123 Å². The lowest BCUT2D eigenvalue weighted by Crippen LogP contribution is -2.36. The van der Waals surface area contributed by atoms with E-state index < -0.39 is 36.3 Å². The van der Waals surface area contributed by atoms with Gasteiger partial charge in [0.1, 0.15) is 18.0 Å².